The van der Waals surface area contributed by atoms with Gasteiger partial charge in [-0.15, -0.1) is 0 Å². The number of rotatable bonds is 2. The molecule has 0 aliphatic carbocycles. The molecule has 1 aliphatic heterocycles. The minimum absolute atomic E-state index is 1.03. The zero-order valence-electron chi connectivity index (χ0n) is 10.3. The molecule has 0 radical (unpaired) electrons. The van der Waals surface area contributed by atoms with Gasteiger partial charge in [0.1, 0.15) is 6.54 Å². The van der Waals surface area contributed by atoms with Crippen molar-refractivity contribution in [1.82, 2.24) is 0 Å². The van der Waals surface area contributed by atoms with Crippen LogP contribution in [-0.2, 0) is 0 Å². The summed E-state index contributed by atoms with van der Waals surface area (Å²) < 4.78 is 0. The average Bonchev–Trinajstić information content (AvgIpc) is 2.89. The third-order valence-corrected chi connectivity index (χ3v) is 3.22. The summed E-state index contributed by atoms with van der Waals surface area (Å²) in [5, 5.41) is 0. The van der Waals surface area contributed by atoms with Crippen molar-refractivity contribution < 1.29 is 4.99 Å². The summed E-state index contributed by atoms with van der Waals surface area (Å²) in [7, 11) is 0. The van der Waals surface area contributed by atoms with Crippen LogP contribution < -0.4 is 4.99 Å². The molecular weight excluding hydrogens is 218 g/mol. The highest BCUT2D eigenvalue weighted by Crippen LogP contribution is 2.15. The second-order valence-corrected chi connectivity index (χ2v) is 4.50. The Labute approximate surface area is 108 Å². The maximum atomic E-state index is 3.49. The maximum Gasteiger partial charge on any atom is 0.209 e. The molecule has 0 amide bonds. The van der Waals surface area contributed by atoms with E-state index in [-0.39, 0.29) is 0 Å². The zero-order valence-corrected chi connectivity index (χ0v) is 10.3. The number of hydrogen-bond donors (Lipinski definition) is 1. The number of hydrogen-bond acceptors (Lipinski definition) is 0. The van der Waals surface area contributed by atoms with Gasteiger partial charge in [-0.05, 0) is 23.8 Å². The lowest BCUT2D eigenvalue weighted by Gasteiger charge is -1.99. The van der Waals surface area contributed by atoms with Crippen LogP contribution in [0.1, 0.15) is 17.5 Å². The van der Waals surface area contributed by atoms with E-state index in [1.165, 1.54) is 22.4 Å². The van der Waals surface area contributed by atoms with Crippen LogP contribution in [0, 0.1) is 0 Å². The van der Waals surface area contributed by atoms with Crippen LogP contribution in [0.5, 0.6) is 0 Å². The van der Waals surface area contributed by atoms with Crippen molar-refractivity contribution in [3.8, 4) is 0 Å². The van der Waals surface area contributed by atoms with Gasteiger partial charge in [0, 0.05) is 17.6 Å². The van der Waals surface area contributed by atoms with Crippen molar-refractivity contribution in [3.63, 3.8) is 0 Å². The van der Waals surface area contributed by atoms with Crippen LogP contribution >= 0.6 is 0 Å². The van der Waals surface area contributed by atoms with E-state index < -0.39 is 0 Å². The van der Waals surface area contributed by atoms with Crippen molar-refractivity contribution in [2.24, 2.45) is 0 Å². The monoisotopic (exact) mass is 234 g/mol. The molecule has 0 aromatic heterocycles. The molecule has 2 aromatic rings. The summed E-state index contributed by atoms with van der Waals surface area (Å²) in [5.74, 6) is 0. The smallest absolute Gasteiger partial charge is 0.209 e. The summed E-state index contributed by atoms with van der Waals surface area (Å²) in [6.07, 6.45) is 3.38. The predicted octanol–water partition coefficient (Wildman–Crippen LogP) is 2.04. The summed E-state index contributed by atoms with van der Waals surface area (Å²) in [4.78, 5) is 3.49. The van der Waals surface area contributed by atoms with E-state index in [4.69, 9.17) is 0 Å². The molecule has 0 saturated heterocycles. The van der Waals surface area contributed by atoms with Crippen LogP contribution in [0.3, 0.4) is 0 Å². The van der Waals surface area contributed by atoms with Crippen LogP contribution in [0.15, 0.2) is 66.2 Å². The maximum absolute atomic E-state index is 3.49. The van der Waals surface area contributed by atoms with Gasteiger partial charge >= 0.3 is 0 Å². The molecule has 1 aliphatic rings. The van der Waals surface area contributed by atoms with Gasteiger partial charge in [0.15, 0.2) is 0 Å². The van der Waals surface area contributed by atoms with Crippen molar-refractivity contribution in [2.45, 2.75) is 6.42 Å². The quantitative estimate of drug-likeness (QED) is 0.817. The molecule has 0 spiro atoms. The van der Waals surface area contributed by atoms with Crippen molar-refractivity contribution in [3.05, 3.63) is 77.4 Å². The summed E-state index contributed by atoms with van der Waals surface area (Å²) in [5.41, 5.74) is 5.22. The lowest BCUT2D eigenvalue weighted by Crippen LogP contribution is -2.69. The Kier molecular flexibility index (Phi) is 3.05. The van der Waals surface area contributed by atoms with Gasteiger partial charge in [-0.1, -0.05) is 48.5 Å². The minimum atomic E-state index is 1.03. The number of benzene rings is 2. The third-order valence-electron chi connectivity index (χ3n) is 3.22. The topological polar surface area (TPSA) is 14.0 Å². The highest BCUT2D eigenvalue weighted by atomic mass is 14.8. The largest absolute Gasteiger partial charge is 0.241 e. The van der Waals surface area contributed by atoms with E-state index in [2.05, 4.69) is 71.7 Å². The van der Waals surface area contributed by atoms with E-state index in [0.29, 0.717) is 0 Å². The van der Waals surface area contributed by atoms with E-state index in [0.717, 1.165) is 13.0 Å². The number of nitrogens with one attached hydrogen (secondary N) is 1. The lowest BCUT2D eigenvalue weighted by molar-refractivity contribution is -0.446. The fourth-order valence-corrected chi connectivity index (χ4v) is 2.35. The van der Waals surface area contributed by atoms with Gasteiger partial charge in [0.25, 0.3) is 0 Å². The molecule has 1 nitrogen and oxygen atoms in total. The van der Waals surface area contributed by atoms with Gasteiger partial charge in [-0.25, -0.2) is 4.99 Å². The van der Waals surface area contributed by atoms with Crippen LogP contribution in [0.4, 0.5) is 0 Å². The first-order chi connectivity index (χ1) is 8.93. The molecule has 1 heteroatoms. The second-order valence-electron chi connectivity index (χ2n) is 4.50. The van der Waals surface area contributed by atoms with Gasteiger partial charge < -0.3 is 0 Å². The van der Waals surface area contributed by atoms with Crippen molar-refractivity contribution in [1.29, 1.82) is 0 Å². The molecule has 0 saturated carbocycles. The molecule has 0 fully saturated rings. The van der Waals surface area contributed by atoms with Gasteiger partial charge in [-0.3, -0.25) is 0 Å². The van der Waals surface area contributed by atoms with Crippen LogP contribution in [-0.4, -0.2) is 12.3 Å². The lowest BCUT2D eigenvalue weighted by atomic mass is 10.00. The van der Waals surface area contributed by atoms with Crippen molar-refractivity contribution in [2.75, 3.05) is 6.54 Å². The van der Waals surface area contributed by atoms with Gasteiger partial charge in [0.2, 0.25) is 5.71 Å². The first-order valence-electron chi connectivity index (χ1n) is 6.36. The van der Waals surface area contributed by atoms with Gasteiger partial charge in [0.05, 0.1) is 0 Å². The SMILES string of the molecule is C(=C1/CC[NH+]=C1c1ccccc1)/c1ccccc1. The first kappa shape index (κ1) is 11.0. The third kappa shape index (κ3) is 2.25. The van der Waals surface area contributed by atoms with E-state index >= 15 is 0 Å². The highest BCUT2D eigenvalue weighted by Gasteiger charge is 2.21. The molecule has 88 valence electrons. The highest BCUT2D eigenvalue weighted by molar-refractivity contribution is 6.12. The minimum Gasteiger partial charge on any atom is -0.241 e. The fraction of sp³-hybridized carbons (Fsp3) is 0.118. The van der Waals surface area contributed by atoms with E-state index in [9.17, 15) is 0 Å². The Hall–Kier alpha value is -2.15. The fourth-order valence-electron chi connectivity index (χ4n) is 2.35. The average molecular weight is 234 g/mol. The van der Waals surface area contributed by atoms with Crippen LogP contribution in [0.25, 0.3) is 6.08 Å². The Morgan fingerprint density at radius 2 is 1.50 bits per heavy atom. The zero-order chi connectivity index (χ0) is 12.2. The van der Waals surface area contributed by atoms with Crippen LogP contribution in [0.2, 0.25) is 0 Å². The Morgan fingerprint density at radius 3 is 2.22 bits per heavy atom. The normalized spacial score (nSPS) is 16.9. The Balaban J connectivity index is 1.95. The molecular formula is C17H16N+. The molecule has 0 bridgehead atoms. The predicted molar refractivity (Wildman–Crippen MR) is 75.4 cm³/mol. The molecule has 0 unspecified atom stereocenters. The van der Waals surface area contributed by atoms with Crippen molar-refractivity contribution >= 4 is 11.8 Å². The summed E-state index contributed by atoms with van der Waals surface area (Å²) in [6.45, 7) is 1.03. The van der Waals surface area contributed by atoms with E-state index in [1.54, 1.807) is 0 Å². The first-order valence-corrected chi connectivity index (χ1v) is 6.36. The second kappa shape index (κ2) is 5.01. The molecule has 1 N–H and O–H groups in total. The molecule has 1 heterocycles. The standard InChI is InChI=1S/C17H15N/c1-3-7-14(8-4-1)13-16-11-12-18-17(16)15-9-5-2-6-10-15/h1-10,13H,11-12H2/p+1/b16-13+. The molecule has 0 atom stereocenters. The molecule has 2 aromatic carbocycles. The Bertz CT molecular complexity index is 580. The molecule has 3 rings (SSSR count). The summed E-state index contributed by atoms with van der Waals surface area (Å²) >= 11 is 0. The summed E-state index contributed by atoms with van der Waals surface area (Å²) in [6, 6.07) is 21.1. The van der Waals surface area contributed by atoms with E-state index in [1.807, 2.05) is 0 Å². The Morgan fingerprint density at radius 1 is 0.833 bits per heavy atom. The molecule has 18 heavy (non-hydrogen) atoms. The van der Waals surface area contributed by atoms with Gasteiger partial charge in [-0.2, -0.15) is 0 Å².